The molecule has 0 aromatic carbocycles. The molecule has 0 aromatic heterocycles. The Morgan fingerprint density at radius 1 is 0.509 bits per heavy atom. The van der Waals surface area contributed by atoms with Gasteiger partial charge in [-0.05, 0) is 32.1 Å². The number of hydrogen-bond donors (Lipinski definition) is 0. The number of aliphatic carboxylic acids is 1. The lowest BCUT2D eigenvalue weighted by molar-refractivity contribution is -0.889. The normalized spacial score (nSPS) is 12.9. The summed E-state index contributed by atoms with van der Waals surface area (Å²) in [5, 5.41) is 11.6. The van der Waals surface area contributed by atoms with Crippen molar-refractivity contribution in [3.63, 3.8) is 0 Å². The maximum Gasteiger partial charge on any atom is 0.306 e. The third kappa shape index (κ3) is 39.3. The molecule has 0 aliphatic rings. The van der Waals surface area contributed by atoms with Gasteiger partial charge >= 0.3 is 11.9 Å². The predicted molar refractivity (Wildman–Crippen MR) is 236 cm³/mol. The van der Waals surface area contributed by atoms with Gasteiger partial charge in [0.15, 0.2) is 6.10 Å². The summed E-state index contributed by atoms with van der Waals surface area (Å²) < 4.78 is 17.2. The van der Waals surface area contributed by atoms with Gasteiger partial charge in [0.1, 0.15) is 12.6 Å². The highest BCUT2D eigenvalue weighted by molar-refractivity contribution is 5.70. The van der Waals surface area contributed by atoms with E-state index in [9.17, 15) is 19.5 Å². The van der Waals surface area contributed by atoms with Crippen LogP contribution in [-0.2, 0) is 28.6 Å². The number of ether oxygens (including phenoxy) is 3. The van der Waals surface area contributed by atoms with Crippen LogP contribution in [0.2, 0.25) is 0 Å². The molecule has 8 nitrogen and oxygen atoms in total. The average molecular weight is 808 g/mol. The van der Waals surface area contributed by atoms with Gasteiger partial charge in [-0.1, -0.05) is 193 Å². The Bertz CT molecular complexity index is 947. The third-order valence-corrected chi connectivity index (χ3v) is 11.2. The summed E-state index contributed by atoms with van der Waals surface area (Å²) in [4.78, 5) is 36.9. The number of nitrogens with zero attached hydrogens (tertiary/aromatic N) is 1. The molecule has 0 aliphatic heterocycles. The standard InChI is InChI=1S/C49H93NO7/c1-6-8-10-12-14-16-18-19-20-21-22-23-24-25-26-27-28-30-32-34-36-38-40-48(52)57-45(43-55-42-41-46(49(53)54)50(3,4)5)44-56-47(51)39-37-35-33-31-29-17-15-13-11-9-7-2/h13,15,45-46H,6-12,14,16-44H2,1-5H3/b15-13+. The topological polar surface area (TPSA) is 102 Å². The first kappa shape index (κ1) is 55.1. The fourth-order valence-electron chi connectivity index (χ4n) is 7.35. The molecule has 0 N–H and O–H groups in total. The van der Waals surface area contributed by atoms with Crippen molar-refractivity contribution in [1.82, 2.24) is 0 Å². The monoisotopic (exact) mass is 808 g/mol. The van der Waals surface area contributed by atoms with Crippen molar-refractivity contribution in [2.24, 2.45) is 0 Å². The van der Waals surface area contributed by atoms with Crippen LogP contribution in [0.15, 0.2) is 12.2 Å². The molecule has 0 rings (SSSR count). The molecule has 0 aliphatic carbocycles. The van der Waals surface area contributed by atoms with E-state index in [0.717, 1.165) is 51.4 Å². The second-order valence-corrected chi connectivity index (χ2v) is 17.7. The Labute approximate surface area is 352 Å². The Morgan fingerprint density at radius 2 is 0.895 bits per heavy atom. The van der Waals surface area contributed by atoms with Gasteiger partial charge in [0.2, 0.25) is 0 Å². The van der Waals surface area contributed by atoms with E-state index in [4.69, 9.17) is 14.2 Å². The third-order valence-electron chi connectivity index (χ3n) is 11.2. The first-order chi connectivity index (χ1) is 27.6. The lowest BCUT2D eigenvalue weighted by Gasteiger charge is -2.34. The van der Waals surface area contributed by atoms with E-state index < -0.39 is 18.1 Å². The largest absolute Gasteiger partial charge is 0.544 e. The number of carbonyl (C=O) groups excluding carboxylic acids is 3. The van der Waals surface area contributed by atoms with Gasteiger partial charge in [0.25, 0.3) is 0 Å². The van der Waals surface area contributed by atoms with Gasteiger partial charge in [0.05, 0.1) is 40.3 Å². The van der Waals surface area contributed by atoms with Gasteiger partial charge in [-0.3, -0.25) is 9.59 Å². The summed E-state index contributed by atoms with van der Waals surface area (Å²) >= 11 is 0. The second kappa shape index (κ2) is 40.8. The van der Waals surface area contributed by atoms with E-state index >= 15 is 0 Å². The number of allylic oxidation sites excluding steroid dienone is 2. The van der Waals surface area contributed by atoms with Gasteiger partial charge in [-0.25, -0.2) is 0 Å². The van der Waals surface area contributed by atoms with E-state index in [0.29, 0.717) is 12.8 Å². The Hall–Kier alpha value is -1.93. The summed E-state index contributed by atoms with van der Waals surface area (Å²) in [7, 11) is 5.42. The van der Waals surface area contributed by atoms with E-state index in [-0.39, 0.29) is 42.7 Å². The van der Waals surface area contributed by atoms with Crippen LogP contribution in [0.25, 0.3) is 0 Å². The molecular weight excluding hydrogens is 715 g/mol. The van der Waals surface area contributed by atoms with E-state index in [2.05, 4.69) is 26.0 Å². The first-order valence-electron chi connectivity index (χ1n) is 24.2. The Kier molecular flexibility index (Phi) is 39.4. The molecule has 0 fully saturated rings. The molecule has 0 heterocycles. The van der Waals surface area contributed by atoms with Gasteiger partial charge in [-0.15, -0.1) is 0 Å². The number of rotatable bonds is 44. The number of carboxylic acid groups (broad SMARTS) is 1. The van der Waals surface area contributed by atoms with Crippen LogP contribution in [0.3, 0.4) is 0 Å². The highest BCUT2D eigenvalue weighted by Gasteiger charge is 2.25. The van der Waals surface area contributed by atoms with Crippen LogP contribution in [0, 0.1) is 0 Å². The van der Waals surface area contributed by atoms with Crippen LogP contribution < -0.4 is 5.11 Å². The Morgan fingerprint density at radius 3 is 1.32 bits per heavy atom. The minimum absolute atomic E-state index is 0.0438. The SMILES string of the molecule is CCCC/C=C/CCCCCCCC(=O)OCC(COCCC(C(=O)[O-])[N+](C)(C)C)OC(=O)CCCCCCCCCCCCCCCCCCCCCCCC. The molecule has 0 bridgehead atoms. The number of quaternary nitrogens is 1. The van der Waals surface area contributed by atoms with Crippen molar-refractivity contribution in [2.45, 2.75) is 244 Å². The van der Waals surface area contributed by atoms with Crippen LogP contribution in [0.4, 0.5) is 0 Å². The quantitative estimate of drug-likeness (QED) is 0.0261. The highest BCUT2D eigenvalue weighted by Crippen LogP contribution is 2.16. The molecule has 0 saturated carbocycles. The van der Waals surface area contributed by atoms with Crippen LogP contribution in [0.5, 0.6) is 0 Å². The zero-order valence-electron chi connectivity index (χ0n) is 38.3. The van der Waals surface area contributed by atoms with Gasteiger partial charge in [-0.2, -0.15) is 0 Å². The first-order valence-corrected chi connectivity index (χ1v) is 24.2. The maximum absolute atomic E-state index is 12.7. The molecule has 8 heteroatoms. The lowest BCUT2D eigenvalue weighted by Crippen LogP contribution is -2.55. The van der Waals surface area contributed by atoms with E-state index in [1.165, 1.54) is 148 Å². The minimum Gasteiger partial charge on any atom is -0.544 e. The number of esters is 2. The van der Waals surface area contributed by atoms with Crippen LogP contribution in [-0.4, -0.2) is 75.5 Å². The summed E-state index contributed by atoms with van der Waals surface area (Å²) in [6, 6.07) is -0.722. The molecular formula is C49H93NO7. The van der Waals surface area contributed by atoms with Crippen molar-refractivity contribution in [3.05, 3.63) is 12.2 Å². The highest BCUT2D eigenvalue weighted by atomic mass is 16.6. The summed E-state index contributed by atoms with van der Waals surface area (Å²) in [6.07, 6.45) is 43.9. The maximum atomic E-state index is 12.7. The van der Waals surface area contributed by atoms with Crippen molar-refractivity contribution in [1.29, 1.82) is 0 Å². The Balaban J connectivity index is 4.16. The van der Waals surface area contributed by atoms with Crippen LogP contribution >= 0.6 is 0 Å². The number of carbonyl (C=O) groups is 3. The molecule has 2 atom stereocenters. The summed E-state index contributed by atoms with van der Waals surface area (Å²) in [5.41, 5.74) is 0. The molecule has 0 amide bonds. The number of carboxylic acids is 1. The minimum atomic E-state index is -1.12. The smallest absolute Gasteiger partial charge is 0.306 e. The van der Waals surface area contributed by atoms with Crippen molar-refractivity contribution < 1.29 is 38.2 Å². The molecule has 57 heavy (non-hydrogen) atoms. The van der Waals surface area contributed by atoms with Crippen LogP contribution in [0.1, 0.15) is 232 Å². The summed E-state index contributed by atoms with van der Waals surface area (Å²) in [5.74, 6) is -1.73. The molecule has 0 aromatic rings. The number of unbranched alkanes of at least 4 members (excludes halogenated alkanes) is 28. The molecule has 0 radical (unpaired) electrons. The lowest BCUT2D eigenvalue weighted by atomic mass is 10.0. The molecule has 2 unspecified atom stereocenters. The zero-order chi connectivity index (χ0) is 42.1. The fourth-order valence-corrected chi connectivity index (χ4v) is 7.35. The van der Waals surface area contributed by atoms with Crippen molar-refractivity contribution in [2.75, 3.05) is 41.0 Å². The number of likely N-dealkylation sites (N-methyl/N-ethyl adjacent to an activating group) is 1. The van der Waals surface area contributed by atoms with Crippen molar-refractivity contribution >= 4 is 17.9 Å². The predicted octanol–water partition coefficient (Wildman–Crippen LogP) is 12.1. The van der Waals surface area contributed by atoms with E-state index in [1.54, 1.807) is 21.1 Å². The number of hydrogen-bond acceptors (Lipinski definition) is 7. The molecule has 336 valence electrons. The fraction of sp³-hybridized carbons (Fsp3) is 0.898. The van der Waals surface area contributed by atoms with Gasteiger partial charge < -0.3 is 28.6 Å². The van der Waals surface area contributed by atoms with E-state index in [1.807, 2.05) is 0 Å². The average Bonchev–Trinajstić information content (AvgIpc) is 3.17. The molecule has 0 saturated heterocycles. The molecule has 0 spiro atoms. The summed E-state index contributed by atoms with van der Waals surface area (Å²) in [6.45, 7) is 4.65. The second-order valence-electron chi connectivity index (χ2n) is 17.7. The zero-order valence-corrected chi connectivity index (χ0v) is 38.3. The van der Waals surface area contributed by atoms with Gasteiger partial charge in [0, 0.05) is 19.3 Å². The van der Waals surface area contributed by atoms with Crippen molar-refractivity contribution in [3.8, 4) is 0 Å².